The van der Waals surface area contributed by atoms with E-state index in [2.05, 4.69) is 24.5 Å². The number of carbonyl (C=O) groups is 3. The third-order valence-electron chi connectivity index (χ3n) is 5.94. The summed E-state index contributed by atoms with van der Waals surface area (Å²) in [5.74, 6) is -1.76. The zero-order valence-electron chi connectivity index (χ0n) is 17.3. The molecular formula is C21H35N3O4. The van der Waals surface area contributed by atoms with Crippen LogP contribution in [-0.4, -0.2) is 60.5 Å². The Labute approximate surface area is 167 Å². The number of amides is 3. The number of aliphatic hydroxyl groups excluding tert-OH is 1. The molecule has 0 aromatic carbocycles. The van der Waals surface area contributed by atoms with Crippen LogP contribution >= 0.6 is 0 Å². The Hall–Kier alpha value is -1.89. The first kappa shape index (κ1) is 22.4. The molecule has 0 spiro atoms. The van der Waals surface area contributed by atoms with Crippen molar-refractivity contribution in [1.29, 1.82) is 0 Å². The van der Waals surface area contributed by atoms with Crippen molar-refractivity contribution in [2.75, 3.05) is 26.7 Å². The molecule has 1 saturated heterocycles. The number of carbonyl (C=O) groups excluding carboxylic acids is 3. The standard InChI is InChI=1S/C21H35N3O4/c1-4-6-11-23-20(27)18-15-10-9-14(8-5-2)16(19(26)22-3)17(15)21(28)24(18)12-7-13-25/h9-10,14-18,25H,4-8,11-13H2,1-3H3,(H,22,26)(H,23,27)/t14-,15+,16-,17-,18+/m1/s1. The molecule has 2 rings (SSSR count). The lowest BCUT2D eigenvalue weighted by molar-refractivity contribution is -0.141. The molecule has 0 unspecified atom stereocenters. The van der Waals surface area contributed by atoms with Gasteiger partial charge in [0.1, 0.15) is 6.04 Å². The van der Waals surface area contributed by atoms with Crippen molar-refractivity contribution < 1.29 is 19.5 Å². The molecule has 0 aromatic rings. The van der Waals surface area contributed by atoms with Crippen LogP contribution in [0.25, 0.3) is 0 Å². The summed E-state index contributed by atoms with van der Waals surface area (Å²) in [5, 5.41) is 14.9. The third kappa shape index (κ3) is 4.57. The lowest BCUT2D eigenvalue weighted by atomic mass is 9.68. The van der Waals surface area contributed by atoms with Crippen LogP contribution in [-0.2, 0) is 14.4 Å². The van der Waals surface area contributed by atoms with Gasteiger partial charge in [0.2, 0.25) is 17.7 Å². The maximum absolute atomic E-state index is 13.3. The number of hydrogen-bond acceptors (Lipinski definition) is 4. The number of nitrogens with one attached hydrogen (secondary N) is 2. The summed E-state index contributed by atoms with van der Waals surface area (Å²) in [6.07, 6.45) is 8.02. The number of hydrogen-bond donors (Lipinski definition) is 3. The highest BCUT2D eigenvalue weighted by Crippen LogP contribution is 2.45. The average Bonchev–Trinajstić information content (AvgIpc) is 2.98. The molecule has 158 valence electrons. The smallest absolute Gasteiger partial charge is 0.243 e. The van der Waals surface area contributed by atoms with Gasteiger partial charge in [-0.15, -0.1) is 0 Å². The Morgan fingerprint density at radius 2 is 1.89 bits per heavy atom. The minimum Gasteiger partial charge on any atom is -0.396 e. The minimum atomic E-state index is -0.619. The van der Waals surface area contributed by atoms with E-state index in [4.69, 9.17) is 0 Å². The molecule has 1 aliphatic carbocycles. The molecule has 0 bridgehead atoms. The van der Waals surface area contributed by atoms with Crippen molar-refractivity contribution in [3.8, 4) is 0 Å². The van der Waals surface area contributed by atoms with Gasteiger partial charge in [0.15, 0.2) is 0 Å². The van der Waals surface area contributed by atoms with Crippen molar-refractivity contribution in [3.63, 3.8) is 0 Å². The number of aliphatic hydroxyl groups is 1. The molecule has 0 saturated carbocycles. The lowest BCUT2D eigenvalue weighted by Crippen LogP contribution is -2.48. The van der Waals surface area contributed by atoms with Gasteiger partial charge in [0, 0.05) is 32.7 Å². The van der Waals surface area contributed by atoms with E-state index in [1.54, 1.807) is 11.9 Å². The van der Waals surface area contributed by atoms with Gasteiger partial charge in [-0.2, -0.15) is 0 Å². The van der Waals surface area contributed by atoms with Crippen molar-refractivity contribution >= 4 is 17.7 Å². The average molecular weight is 394 g/mol. The van der Waals surface area contributed by atoms with Crippen LogP contribution in [0.15, 0.2) is 12.2 Å². The van der Waals surface area contributed by atoms with Crippen molar-refractivity contribution in [2.45, 2.75) is 52.0 Å². The Bertz CT molecular complexity index is 592. The molecule has 7 nitrogen and oxygen atoms in total. The van der Waals surface area contributed by atoms with E-state index in [-0.39, 0.29) is 36.2 Å². The zero-order chi connectivity index (χ0) is 20.7. The molecule has 1 fully saturated rings. The topological polar surface area (TPSA) is 98.7 Å². The Balaban J connectivity index is 2.36. The summed E-state index contributed by atoms with van der Waals surface area (Å²) in [4.78, 5) is 40.5. The molecule has 7 heteroatoms. The highest BCUT2D eigenvalue weighted by Gasteiger charge is 2.56. The summed E-state index contributed by atoms with van der Waals surface area (Å²) >= 11 is 0. The Morgan fingerprint density at radius 1 is 1.14 bits per heavy atom. The van der Waals surface area contributed by atoms with E-state index < -0.39 is 17.9 Å². The zero-order valence-corrected chi connectivity index (χ0v) is 17.3. The highest BCUT2D eigenvalue weighted by atomic mass is 16.3. The molecule has 5 atom stereocenters. The van der Waals surface area contributed by atoms with Gasteiger partial charge in [0.25, 0.3) is 0 Å². The maximum atomic E-state index is 13.3. The quantitative estimate of drug-likeness (QED) is 0.382. The summed E-state index contributed by atoms with van der Waals surface area (Å²) in [5.41, 5.74) is 0. The first-order chi connectivity index (χ1) is 13.5. The van der Waals surface area contributed by atoms with Crippen LogP contribution in [0, 0.1) is 23.7 Å². The number of likely N-dealkylation sites (tertiary alicyclic amines) is 1. The second kappa shape index (κ2) is 10.6. The number of rotatable bonds is 10. The van der Waals surface area contributed by atoms with Crippen LogP contribution in [0.2, 0.25) is 0 Å². The number of unbranched alkanes of at least 4 members (excludes halogenated alkanes) is 1. The van der Waals surface area contributed by atoms with E-state index in [1.165, 1.54) is 0 Å². The summed E-state index contributed by atoms with van der Waals surface area (Å²) in [6.45, 7) is 4.97. The molecule has 2 aliphatic rings. The van der Waals surface area contributed by atoms with E-state index >= 15 is 0 Å². The van der Waals surface area contributed by atoms with E-state index in [0.717, 1.165) is 25.7 Å². The molecule has 28 heavy (non-hydrogen) atoms. The molecule has 3 N–H and O–H groups in total. The second-order valence-electron chi connectivity index (χ2n) is 7.78. The SMILES string of the molecule is CCCCNC(=O)[C@@H]1[C@H]2C=C[C@@H](CCC)[C@@H](C(=O)NC)[C@@H]2C(=O)N1CCCO. The van der Waals surface area contributed by atoms with Gasteiger partial charge >= 0.3 is 0 Å². The van der Waals surface area contributed by atoms with Crippen LogP contribution in [0.5, 0.6) is 0 Å². The van der Waals surface area contributed by atoms with Gasteiger partial charge in [-0.25, -0.2) is 0 Å². The van der Waals surface area contributed by atoms with Crippen molar-refractivity contribution in [2.24, 2.45) is 23.7 Å². The molecule has 0 aromatic heterocycles. The second-order valence-corrected chi connectivity index (χ2v) is 7.78. The molecule has 3 amide bonds. The van der Waals surface area contributed by atoms with Crippen LogP contribution in [0.1, 0.15) is 46.0 Å². The van der Waals surface area contributed by atoms with Crippen molar-refractivity contribution in [3.05, 3.63) is 12.2 Å². The predicted molar refractivity (Wildman–Crippen MR) is 107 cm³/mol. The fraction of sp³-hybridized carbons (Fsp3) is 0.762. The van der Waals surface area contributed by atoms with Crippen LogP contribution in [0.3, 0.4) is 0 Å². The highest BCUT2D eigenvalue weighted by molar-refractivity contribution is 5.96. The van der Waals surface area contributed by atoms with Crippen LogP contribution in [0.4, 0.5) is 0 Å². The van der Waals surface area contributed by atoms with Gasteiger partial charge in [-0.05, 0) is 25.2 Å². The molecule has 1 aliphatic heterocycles. The first-order valence-corrected chi connectivity index (χ1v) is 10.6. The largest absolute Gasteiger partial charge is 0.396 e. The number of nitrogens with zero attached hydrogens (tertiary/aromatic N) is 1. The predicted octanol–water partition coefficient (Wildman–Crippen LogP) is 1.08. The maximum Gasteiger partial charge on any atom is 0.243 e. The van der Waals surface area contributed by atoms with E-state index in [1.807, 2.05) is 12.2 Å². The van der Waals surface area contributed by atoms with Gasteiger partial charge in [0.05, 0.1) is 11.8 Å². The Morgan fingerprint density at radius 3 is 2.50 bits per heavy atom. The molecule has 1 heterocycles. The Kier molecular flexibility index (Phi) is 8.48. The number of allylic oxidation sites excluding steroid dienone is 1. The summed E-state index contributed by atoms with van der Waals surface area (Å²) < 4.78 is 0. The normalized spacial score (nSPS) is 28.9. The molecular weight excluding hydrogens is 358 g/mol. The third-order valence-corrected chi connectivity index (χ3v) is 5.94. The summed E-state index contributed by atoms with van der Waals surface area (Å²) in [6, 6.07) is -0.619. The number of fused-ring (bicyclic) bond motifs is 1. The monoisotopic (exact) mass is 393 g/mol. The molecule has 0 radical (unpaired) electrons. The minimum absolute atomic E-state index is 0.00301. The summed E-state index contributed by atoms with van der Waals surface area (Å²) in [7, 11) is 1.59. The fourth-order valence-electron chi connectivity index (χ4n) is 4.61. The lowest BCUT2D eigenvalue weighted by Gasteiger charge is -2.34. The van der Waals surface area contributed by atoms with Gasteiger partial charge in [-0.3, -0.25) is 14.4 Å². The first-order valence-electron chi connectivity index (χ1n) is 10.6. The fourth-order valence-corrected chi connectivity index (χ4v) is 4.61. The van der Waals surface area contributed by atoms with Gasteiger partial charge in [-0.1, -0.05) is 38.8 Å². The van der Waals surface area contributed by atoms with E-state index in [9.17, 15) is 19.5 Å². The van der Waals surface area contributed by atoms with E-state index in [0.29, 0.717) is 19.5 Å². The van der Waals surface area contributed by atoms with Gasteiger partial charge < -0.3 is 20.6 Å². The van der Waals surface area contributed by atoms with Crippen molar-refractivity contribution in [1.82, 2.24) is 15.5 Å². The van der Waals surface area contributed by atoms with Crippen LogP contribution < -0.4 is 10.6 Å².